The maximum atomic E-state index is 6.85. The van der Waals surface area contributed by atoms with Gasteiger partial charge in [0.25, 0.3) is 0 Å². The first-order chi connectivity index (χ1) is 26.3. The summed E-state index contributed by atoms with van der Waals surface area (Å²) in [5, 5.41) is 7.81. The molecule has 0 radical (unpaired) electrons. The van der Waals surface area contributed by atoms with Crippen LogP contribution >= 0.6 is 11.3 Å². The second kappa shape index (κ2) is 11.9. The van der Waals surface area contributed by atoms with Crippen molar-refractivity contribution < 1.29 is 4.42 Å². The molecule has 4 nitrogen and oxygen atoms in total. The van der Waals surface area contributed by atoms with Gasteiger partial charge in [-0.1, -0.05) is 115 Å². The Bertz CT molecular complexity index is 3180. The van der Waals surface area contributed by atoms with E-state index < -0.39 is 0 Å². The third-order valence-electron chi connectivity index (χ3n) is 10.2. The highest BCUT2D eigenvalue weighted by Gasteiger charge is 2.24. The average Bonchev–Trinajstić information content (AvgIpc) is 3.78. The van der Waals surface area contributed by atoms with Crippen molar-refractivity contribution in [2.24, 2.45) is 0 Å². The van der Waals surface area contributed by atoms with Crippen LogP contribution in [0.1, 0.15) is 0 Å². The molecule has 53 heavy (non-hydrogen) atoms. The third-order valence-corrected chi connectivity index (χ3v) is 11.3. The number of thiophene rings is 1. The fraction of sp³-hybridized carbons (Fsp3) is 0. The fourth-order valence-electron chi connectivity index (χ4n) is 7.84. The van der Waals surface area contributed by atoms with E-state index in [2.05, 4.69) is 169 Å². The number of hydrogen-bond acceptors (Lipinski definition) is 5. The zero-order valence-corrected chi connectivity index (χ0v) is 29.2. The van der Waals surface area contributed by atoms with Crippen LogP contribution in [0.2, 0.25) is 0 Å². The van der Waals surface area contributed by atoms with E-state index in [9.17, 15) is 0 Å². The SMILES string of the molecule is c1ccc(-c2nc(-c3cc(N(c4ccccc4)c4cccc5sc6ccccc6c45)cc4oc5cc6ccccc6cc5c34)nc3ccccc23)cc1. The Morgan fingerprint density at radius 3 is 2.02 bits per heavy atom. The molecule has 0 unspecified atom stereocenters. The molecule has 11 rings (SSSR count). The Balaban J connectivity index is 1.26. The van der Waals surface area contributed by atoms with Crippen LogP contribution in [0.4, 0.5) is 17.1 Å². The molecule has 0 saturated heterocycles. The van der Waals surface area contributed by atoms with Crippen LogP contribution in [0.3, 0.4) is 0 Å². The first kappa shape index (κ1) is 29.9. The zero-order chi connectivity index (χ0) is 34.9. The molecule has 0 bridgehead atoms. The van der Waals surface area contributed by atoms with Crippen molar-refractivity contribution in [1.82, 2.24) is 9.97 Å². The summed E-state index contributed by atoms with van der Waals surface area (Å²) in [4.78, 5) is 13.0. The number of rotatable bonds is 5. The molecule has 0 aliphatic carbocycles. The summed E-state index contributed by atoms with van der Waals surface area (Å²) >= 11 is 1.83. The van der Waals surface area contributed by atoms with Crippen LogP contribution < -0.4 is 4.90 Å². The molecule has 3 heterocycles. The third kappa shape index (κ3) is 4.82. The van der Waals surface area contributed by atoms with Crippen LogP contribution in [0.5, 0.6) is 0 Å². The highest BCUT2D eigenvalue weighted by molar-refractivity contribution is 7.26. The van der Waals surface area contributed by atoms with E-state index in [1.165, 1.54) is 20.2 Å². The van der Waals surface area contributed by atoms with Gasteiger partial charge in [-0.25, -0.2) is 9.97 Å². The smallest absolute Gasteiger partial charge is 0.161 e. The van der Waals surface area contributed by atoms with Gasteiger partial charge in [0.1, 0.15) is 11.2 Å². The van der Waals surface area contributed by atoms with E-state index in [0.29, 0.717) is 5.82 Å². The van der Waals surface area contributed by atoms with Gasteiger partial charge in [0.15, 0.2) is 5.82 Å². The summed E-state index contributed by atoms with van der Waals surface area (Å²) in [5.74, 6) is 0.650. The Kier molecular flexibility index (Phi) is 6.69. The van der Waals surface area contributed by atoms with E-state index in [4.69, 9.17) is 14.4 Å². The minimum atomic E-state index is 0.650. The number of hydrogen-bond donors (Lipinski definition) is 0. The molecule has 11 aromatic rings. The predicted octanol–water partition coefficient (Wildman–Crippen LogP) is 13.9. The molecule has 0 spiro atoms. The highest BCUT2D eigenvalue weighted by atomic mass is 32.1. The standard InChI is InChI=1S/C48H29N3OS/c1-3-14-30(15-4-1)47-35-20-9-11-22-39(35)49-48(50-47)38-28-34(29-42-45(38)37-26-31-16-7-8-17-32(31)27-41(37)52-42)51(33-18-5-2-6-19-33)40-23-13-25-44-46(40)36-21-10-12-24-43(36)53-44/h1-29H. The molecular weight excluding hydrogens is 667 g/mol. The van der Waals surface area contributed by atoms with Gasteiger partial charge in [-0.05, 0) is 65.4 Å². The van der Waals surface area contributed by atoms with Crippen molar-refractivity contribution in [3.63, 3.8) is 0 Å². The normalized spacial score (nSPS) is 11.8. The molecule has 0 saturated carbocycles. The largest absolute Gasteiger partial charge is 0.456 e. The monoisotopic (exact) mass is 695 g/mol. The van der Waals surface area contributed by atoms with E-state index >= 15 is 0 Å². The molecule has 5 heteroatoms. The first-order valence-corrected chi connectivity index (χ1v) is 18.6. The van der Waals surface area contributed by atoms with Crippen molar-refractivity contribution in [3.8, 4) is 22.6 Å². The quantitative estimate of drug-likeness (QED) is 0.180. The molecule has 0 N–H and O–H groups in total. The molecule has 0 amide bonds. The summed E-state index contributed by atoms with van der Waals surface area (Å²) in [6.45, 7) is 0. The van der Waals surface area contributed by atoms with E-state index in [0.717, 1.165) is 77.5 Å². The van der Waals surface area contributed by atoms with Gasteiger partial charge in [-0.15, -0.1) is 11.3 Å². The molecule has 0 fully saturated rings. The lowest BCUT2D eigenvalue weighted by Crippen LogP contribution is -2.10. The number of nitrogens with zero attached hydrogens (tertiary/aromatic N) is 3. The molecular formula is C48H29N3OS. The van der Waals surface area contributed by atoms with Gasteiger partial charge in [0, 0.05) is 59.2 Å². The van der Waals surface area contributed by atoms with Crippen LogP contribution in [-0.2, 0) is 0 Å². The Morgan fingerprint density at radius 1 is 0.472 bits per heavy atom. The minimum Gasteiger partial charge on any atom is -0.456 e. The number of benzene rings is 8. The lowest BCUT2D eigenvalue weighted by molar-refractivity contribution is 0.669. The zero-order valence-electron chi connectivity index (χ0n) is 28.4. The fourth-order valence-corrected chi connectivity index (χ4v) is 8.97. The molecule has 0 atom stereocenters. The van der Waals surface area contributed by atoms with Crippen LogP contribution in [-0.4, -0.2) is 9.97 Å². The first-order valence-electron chi connectivity index (χ1n) is 17.7. The summed E-state index contributed by atoms with van der Waals surface area (Å²) in [6.07, 6.45) is 0. The van der Waals surface area contributed by atoms with Crippen LogP contribution in [0, 0.1) is 0 Å². The summed E-state index contributed by atoms with van der Waals surface area (Å²) in [5.41, 5.74) is 8.47. The maximum Gasteiger partial charge on any atom is 0.161 e. The van der Waals surface area contributed by atoms with Crippen molar-refractivity contribution >= 4 is 92.2 Å². The molecule has 8 aromatic carbocycles. The van der Waals surface area contributed by atoms with E-state index in [-0.39, 0.29) is 0 Å². The van der Waals surface area contributed by atoms with Crippen LogP contribution in [0.25, 0.3) is 86.4 Å². The van der Waals surface area contributed by atoms with Crippen molar-refractivity contribution in [1.29, 1.82) is 0 Å². The summed E-state index contributed by atoms with van der Waals surface area (Å²) in [6, 6.07) is 61.8. The number of furan rings is 1. The van der Waals surface area contributed by atoms with E-state index in [1.807, 2.05) is 23.5 Å². The van der Waals surface area contributed by atoms with Gasteiger partial charge < -0.3 is 9.32 Å². The lowest BCUT2D eigenvalue weighted by Gasteiger charge is -2.27. The predicted molar refractivity (Wildman–Crippen MR) is 223 cm³/mol. The number of para-hydroxylation sites is 2. The lowest BCUT2D eigenvalue weighted by atomic mass is 10.00. The van der Waals surface area contributed by atoms with Crippen molar-refractivity contribution in [2.75, 3.05) is 4.90 Å². The maximum absolute atomic E-state index is 6.85. The second-order valence-corrected chi connectivity index (χ2v) is 14.4. The van der Waals surface area contributed by atoms with Crippen molar-refractivity contribution in [2.45, 2.75) is 0 Å². The Hall–Kier alpha value is -6.82. The van der Waals surface area contributed by atoms with Gasteiger partial charge in [-0.2, -0.15) is 0 Å². The van der Waals surface area contributed by atoms with Crippen LogP contribution in [0.15, 0.2) is 180 Å². The van der Waals surface area contributed by atoms with Gasteiger partial charge in [0.2, 0.25) is 0 Å². The Morgan fingerprint density at radius 2 is 1.17 bits per heavy atom. The number of anilines is 3. The van der Waals surface area contributed by atoms with Crippen molar-refractivity contribution in [3.05, 3.63) is 176 Å². The molecule has 0 aliphatic rings. The van der Waals surface area contributed by atoms with Gasteiger partial charge in [0.05, 0.1) is 22.6 Å². The van der Waals surface area contributed by atoms with Gasteiger partial charge in [-0.3, -0.25) is 0 Å². The van der Waals surface area contributed by atoms with E-state index in [1.54, 1.807) is 0 Å². The molecule has 248 valence electrons. The second-order valence-electron chi connectivity index (χ2n) is 13.4. The topological polar surface area (TPSA) is 42.2 Å². The molecule has 0 aliphatic heterocycles. The average molecular weight is 696 g/mol. The Labute approximate surface area is 308 Å². The summed E-state index contributed by atoms with van der Waals surface area (Å²) < 4.78 is 9.36. The van der Waals surface area contributed by atoms with Gasteiger partial charge >= 0.3 is 0 Å². The summed E-state index contributed by atoms with van der Waals surface area (Å²) in [7, 11) is 0. The highest BCUT2D eigenvalue weighted by Crippen LogP contribution is 2.48. The number of aromatic nitrogens is 2. The number of fused-ring (bicyclic) bond motifs is 8. The molecule has 3 aromatic heterocycles. The minimum absolute atomic E-state index is 0.650.